The summed E-state index contributed by atoms with van der Waals surface area (Å²) in [4.78, 5) is 10.5. The summed E-state index contributed by atoms with van der Waals surface area (Å²) in [5.74, 6) is -1.77. The first kappa shape index (κ1) is 11.4. The average Bonchev–Trinajstić information content (AvgIpc) is 1.84. The highest BCUT2D eigenvalue weighted by Crippen LogP contribution is 2.13. The van der Waals surface area contributed by atoms with Gasteiger partial charge in [0.2, 0.25) is 0 Å². The second-order valence-electron chi connectivity index (χ2n) is 3.11. The van der Waals surface area contributed by atoms with Crippen LogP contribution in [0.2, 0.25) is 0 Å². The van der Waals surface area contributed by atoms with Crippen molar-refractivity contribution in [2.75, 3.05) is 0 Å². The van der Waals surface area contributed by atoms with Crippen molar-refractivity contribution in [1.82, 2.24) is 0 Å². The van der Waals surface area contributed by atoms with Gasteiger partial charge in [-0.1, -0.05) is 0 Å². The fraction of sp³-hybridized carbons (Fsp3) is 0.875. The van der Waals surface area contributed by atoms with Crippen LogP contribution in [0.25, 0.3) is 0 Å². The number of hydrogen-bond acceptors (Lipinski definition) is 3. The fourth-order valence-electron chi connectivity index (χ4n) is 0.992. The van der Waals surface area contributed by atoms with Gasteiger partial charge in [0.1, 0.15) is 0 Å². The Morgan fingerprint density at radius 3 is 2.00 bits per heavy atom. The van der Waals surface area contributed by atoms with Crippen LogP contribution in [0.4, 0.5) is 0 Å². The fourth-order valence-corrected chi connectivity index (χ4v) is 0.992. The number of rotatable bonds is 5. The third-order valence-electron chi connectivity index (χ3n) is 1.79. The van der Waals surface area contributed by atoms with Crippen LogP contribution in [-0.2, 0) is 4.79 Å². The van der Waals surface area contributed by atoms with E-state index in [9.17, 15) is 4.79 Å². The van der Waals surface area contributed by atoms with Crippen molar-refractivity contribution in [2.24, 2.45) is 5.92 Å². The number of carbonyl (C=O) groups is 1. The van der Waals surface area contributed by atoms with E-state index in [0.29, 0.717) is 12.8 Å². The van der Waals surface area contributed by atoms with Crippen LogP contribution < -0.4 is 0 Å². The van der Waals surface area contributed by atoms with Gasteiger partial charge in [0.05, 0.1) is 18.1 Å². The van der Waals surface area contributed by atoms with E-state index < -0.39 is 24.1 Å². The van der Waals surface area contributed by atoms with Gasteiger partial charge in [-0.05, 0) is 26.7 Å². The molecule has 0 aromatic rings. The molecule has 3 N–H and O–H groups in total. The van der Waals surface area contributed by atoms with Gasteiger partial charge in [0, 0.05) is 0 Å². The minimum absolute atomic E-state index is 0.310. The quantitative estimate of drug-likeness (QED) is 0.560. The molecule has 12 heavy (non-hydrogen) atoms. The van der Waals surface area contributed by atoms with Gasteiger partial charge < -0.3 is 15.3 Å². The largest absolute Gasteiger partial charge is 0.481 e. The Kier molecular flexibility index (Phi) is 4.85. The van der Waals surface area contributed by atoms with Crippen molar-refractivity contribution in [1.29, 1.82) is 0 Å². The van der Waals surface area contributed by atoms with Crippen LogP contribution in [0, 0.1) is 5.92 Å². The molecule has 0 aromatic heterocycles. The van der Waals surface area contributed by atoms with E-state index in [1.807, 2.05) is 0 Å². The summed E-state index contributed by atoms with van der Waals surface area (Å²) < 4.78 is 0. The smallest absolute Gasteiger partial charge is 0.309 e. The molecule has 0 aliphatic rings. The molecule has 0 aromatic carbocycles. The number of carboxylic acid groups (broad SMARTS) is 1. The van der Waals surface area contributed by atoms with E-state index in [-0.39, 0.29) is 0 Å². The van der Waals surface area contributed by atoms with Crippen LogP contribution in [0.15, 0.2) is 0 Å². The minimum atomic E-state index is -1.01. The summed E-state index contributed by atoms with van der Waals surface area (Å²) in [7, 11) is 0. The van der Waals surface area contributed by atoms with Crippen molar-refractivity contribution in [3.05, 3.63) is 0 Å². The molecular formula is C8H16O4. The molecule has 0 bridgehead atoms. The maximum atomic E-state index is 10.5. The van der Waals surface area contributed by atoms with Gasteiger partial charge in [0.25, 0.3) is 0 Å². The second-order valence-corrected chi connectivity index (χ2v) is 3.11. The molecule has 2 unspecified atom stereocenters. The Balaban J connectivity index is 3.88. The van der Waals surface area contributed by atoms with E-state index in [4.69, 9.17) is 15.3 Å². The lowest BCUT2D eigenvalue weighted by Crippen LogP contribution is -2.26. The molecule has 0 aliphatic carbocycles. The zero-order chi connectivity index (χ0) is 9.72. The highest BCUT2D eigenvalue weighted by atomic mass is 16.4. The minimum Gasteiger partial charge on any atom is -0.481 e. The Bertz CT molecular complexity index is 142. The number of aliphatic hydroxyl groups excluding tert-OH is 2. The van der Waals surface area contributed by atoms with Crippen molar-refractivity contribution in [3.63, 3.8) is 0 Å². The summed E-state index contributed by atoms with van der Waals surface area (Å²) in [6.45, 7) is 3.04. The summed E-state index contributed by atoms with van der Waals surface area (Å²) in [5.41, 5.74) is 0. The number of aliphatic hydroxyl groups is 2. The van der Waals surface area contributed by atoms with Crippen LogP contribution in [-0.4, -0.2) is 33.5 Å². The summed E-state index contributed by atoms with van der Waals surface area (Å²) in [6.07, 6.45) is -0.654. The second kappa shape index (κ2) is 5.11. The Hall–Kier alpha value is -0.610. The van der Waals surface area contributed by atoms with Crippen LogP contribution >= 0.6 is 0 Å². The van der Waals surface area contributed by atoms with Crippen molar-refractivity contribution < 1.29 is 20.1 Å². The topological polar surface area (TPSA) is 77.8 Å². The zero-order valence-corrected chi connectivity index (χ0v) is 7.40. The van der Waals surface area contributed by atoms with Gasteiger partial charge in [-0.2, -0.15) is 0 Å². The molecular weight excluding hydrogens is 160 g/mol. The van der Waals surface area contributed by atoms with E-state index in [2.05, 4.69) is 0 Å². The Labute approximate surface area is 71.8 Å². The van der Waals surface area contributed by atoms with Gasteiger partial charge in [0.15, 0.2) is 0 Å². The van der Waals surface area contributed by atoms with Gasteiger partial charge in [-0.3, -0.25) is 4.79 Å². The lowest BCUT2D eigenvalue weighted by atomic mass is 9.97. The normalized spacial score (nSPS) is 18.3. The lowest BCUT2D eigenvalue weighted by Gasteiger charge is -2.15. The molecule has 72 valence electrons. The molecule has 0 rings (SSSR count). The molecule has 3 atom stereocenters. The molecule has 4 nitrogen and oxygen atoms in total. The predicted octanol–water partition coefficient (Wildman–Crippen LogP) is 0.229. The molecule has 0 spiro atoms. The third-order valence-corrected chi connectivity index (χ3v) is 1.79. The number of aliphatic carboxylic acids is 1. The highest BCUT2D eigenvalue weighted by Gasteiger charge is 2.22. The SMILES string of the molecule is CC(O)CC[C@@H](C(=O)O)C(C)O. The van der Waals surface area contributed by atoms with E-state index in [1.54, 1.807) is 6.92 Å². The van der Waals surface area contributed by atoms with Crippen molar-refractivity contribution in [2.45, 2.75) is 38.9 Å². The van der Waals surface area contributed by atoms with Crippen molar-refractivity contribution >= 4 is 5.97 Å². The molecule has 0 amide bonds. The first-order valence-corrected chi connectivity index (χ1v) is 4.04. The standard InChI is InChI=1S/C8H16O4/c1-5(9)3-4-7(6(2)10)8(11)12/h5-7,9-10H,3-4H2,1-2H3,(H,11,12)/t5?,6?,7-/m1/s1. The molecule has 0 saturated carbocycles. The maximum absolute atomic E-state index is 10.5. The van der Waals surface area contributed by atoms with Gasteiger partial charge in [-0.15, -0.1) is 0 Å². The average molecular weight is 176 g/mol. The third kappa shape index (κ3) is 4.31. The Morgan fingerprint density at radius 2 is 1.75 bits per heavy atom. The molecule has 0 saturated heterocycles. The summed E-state index contributed by atoms with van der Waals surface area (Å²) >= 11 is 0. The monoisotopic (exact) mass is 176 g/mol. The predicted molar refractivity (Wildman–Crippen MR) is 43.7 cm³/mol. The molecule has 0 fully saturated rings. The number of carboxylic acids is 1. The summed E-state index contributed by atoms with van der Waals surface area (Å²) in [6, 6.07) is 0. The molecule has 0 aliphatic heterocycles. The first-order valence-electron chi connectivity index (χ1n) is 4.04. The van der Waals surface area contributed by atoms with Gasteiger partial charge in [-0.25, -0.2) is 0 Å². The zero-order valence-electron chi connectivity index (χ0n) is 7.40. The van der Waals surface area contributed by atoms with Crippen molar-refractivity contribution in [3.8, 4) is 0 Å². The van der Waals surface area contributed by atoms with E-state index in [1.165, 1.54) is 6.92 Å². The molecule has 0 radical (unpaired) electrons. The van der Waals surface area contributed by atoms with Crippen LogP contribution in [0.5, 0.6) is 0 Å². The molecule has 4 heteroatoms. The lowest BCUT2D eigenvalue weighted by molar-refractivity contribution is -0.145. The van der Waals surface area contributed by atoms with E-state index >= 15 is 0 Å². The summed E-state index contributed by atoms with van der Waals surface area (Å²) in [5, 5.41) is 26.5. The molecule has 0 heterocycles. The first-order chi connectivity index (χ1) is 5.45. The number of hydrogen-bond donors (Lipinski definition) is 3. The van der Waals surface area contributed by atoms with Crippen LogP contribution in [0.1, 0.15) is 26.7 Å². The maximum Gasteiger partial charge on any atom is 0.309 e. The van der Waals surface area contributed by atoms with E-state index in [0.717, 1.165) is 0 Å². The Morgan fingerprint density at radius 1 is 1.25 bits per heavy atom. The van der Waals surface area contributed by atoms with Gasteiger partial charge >= 0.3 is 5.97 Å². The van der Waals surface area contributed by atoms with Crippen LogP contribution in [0.3, 0.4) is 0 Å². The highest BCUT2D eigenvalue weighted by molar-refractivity contribution is 5.70.